The lowest BCUT2D eigenvalue weighted by molar-refractivity contribution is 0.435. The van der Waals surface area contributed by atoms with Gasteiger partial charge in [-0.15, -0.1) is 0 Å². The summed E-state index contributed by atoms with van der Waals surface area (Å²) in [5, 5.41) is 1.18. The van der Waals surface area contributed by atoms with Crippen LogP contribution in [0.3, 0.4) is 0 Å². The second-order valence-electron chi connectivity index (χ2n) is 13.8. The molecule has 6 aromatic carbocycles. The first-order valence-corrected chi connectivity index (χ1v) is 17.0. The van der Waals surface area contributed by atoms with Crippen molar-refractivity contribution in [1.82, 2.24) is 4.98 Å². The molecule has 0 radical (unpaired) electrons. The van der Waals surface area contributed by atoms with Crippen molar-refractivity contribution < 1.29 is 0 Å². The van der Waals surface area contributed by atoms with E-state index in [0.29, 0.717) is 0 Å². The van der Waals surface area contributed by atoms with Gasteiger partial charge in [-0.25, -0.2) is 4.98 Å². The van der Waals surface area contributed by atoms with E-state index in [9.17, 15) is 0 Å². The molecule has 4 aliphatic carbocycles. The van der Waals surface area contributed by atoms with E-state index < -0.39 is 0 Å². The molecule has 2 atom stereocenters. The molecular weight excluding hydrogens is 579 g/mol. The number of para-hydroxylation sites is 1. The Morgan fingerprint density at radius 3 is 1.71 bits per heavy atom. The lowest BCUT2D eigenvalue weighted by Crippen LogP contribution is -2.36. The second kappa shape index (κ2) is 9.18. The summed E-state index contributed by atoms with van der Waals surface area (Å²) < 4.78 is 0. The van der Waals surface area contributed by atoms with E-state index in [1.165, 1.54) is 66.6 Å². The first-order chi connectivity index (χ1) is 23.8. The topological polar surface area (TPSA) is 12.9 Å². The molecule has 7 aromatic rings. The van der Waals surface area contributed by atoms with Crippen molar-refractivity contribution in [2.45, 2.75) is 17.3 Å². The molecule has 0 amide bonds. The van der Waals surface area contributed by atoms with Crippen LogP contribution >= 0.6 is 0 Å². The molecule has 1 saturated carbocycles. The minimum atomic E-state index is -0.279. The molecule has 1 fully saturated rings. The maximum absolute atomic E-state index is 5.66. The lowest BCUT2D eigenvalue weighted by atomic mass is 9.62. The van der Waals surface area contributed by atoms with Gasteiger partial charge >= 0.3 is 0 Å². The van der Waals surface area contributed by atoms with Crippen molar-refractivity contribution >= 4 is 16.5 Å². The normalized spacial score (nSPS) is 21.6. The van der Waals surface area contributed by atoms with Crippen LogP contribution in [0, 0.1) is 5.41 Å². The smallest absolute Gasteiger partial charge is 0.0763 e. The number of hydrogen-bond acceptors (Lipinski definition) is 1. The van der Waals surface area contributed by atoms with Crippen LogP contribution in [0.15, 0.2) is 176 Å². The molecule has 4 aliphatic rings. The van der Waals surface area contributed by atoms with Gasteiger partial charge in [0.15, 0.2) is 0 Å². The fourth-order valence-electron chi connectivity index (χ4n) is 10.3. The zero-order chi connectivity index (χ0) is 31.5. The van der Waals surface area contributed by atoms with E-state index in [2.05, 4.69) is 176 Å². The Bertz CT molecular complexity index is 2490. The first-order valence-electron chi connectivity index (χ1n) is 17.0. The summed E-state index contributed by atoms with van der Waals surface area (Å²) in [6.07, 6.45) is 8.36. The average Bonchev–Trinajstić information content (AvgIpc) is 3.72. The maximum Gasteiger partial charge on any atom is 0.0763 e. The van der Waals surface area contributed by atoms with Crippen LogP contribution in [-0.4, -0.2) is 4.98 Å². The molecule has 1 nitrogen and oxygen atoms in total. The summed E-state index contributed by atoms with van der Waals surface area (Å²) in [4.78, 5) is 5.66. The number of nitrogens with zero attached hydrogens (tertiary/aromatic N) is 1. The zero-order valence-electron chi connectivity index (χ0n) is 26.4. The van der Waals surface area contributed by atoms with E-state index in [4.69, 9.17) is 4.98 Å². The maximum atomic E-state index is 5.66. The van der Waals surface area contributed by atoms with Crippen molar-refractivity contribution in [1.29, 1.82) is 0 Å². The van der Waals surface area contributed by atoms with Crippen LogP contribution in [0.1, 0.15) is 34.4 Å². The highest BCUT2D eigenvalue weighted by Gasteiger charge is 2.84. The summed E-state index contributed by atoms with van der Waals surface area (Å²) in [5.74, 6) is 0. The van der Waals surface area contributed by atoms with Gasteiger partial charge in [0.25, 0.3) is 0 Å². The Labute approximate surface area is 280 Å². The van der Waals surface area contributed by atoms with Gasteiger partial charge in [-0.3, -0.25) is 0 Å². The molecule has 0 aliphatic heterocycles. The van der Waals surface area contributed by atoms with Gasteiger partial charge in [0.05, 0.1) is 16.6 Å². The van der Waals surface area contributed by atoms with Gasteiger partial charge in [0.2, 0.25) is 0 Å². The summed E-state index contributed by atoms with van der Waals surface area (Å²) in [5.41, 5.74) is 16.2. The largest absolute Gasteiger partial charge is 0.247 e. The Balaban J connectivity index is 1.26. The third-order valence-electron chi connectivity index (χ3n) is 12.0. The predicted molar refractivity (Wildman–Crippen MR) is 197 cm³/mol. The van der Waals surface area contributed by atoms with Crippen LogP contribution in [0.2, 0.25) is 0 Å². The molecule has 11 rings (SSSR count). The highest BCUT2D eigenvalue weighted by molar-refractivity contribution is 6.08. The molecule has 0 bridgehead atoms. The van der Waals surface area contributed by atoms with Crippen LogP contribution in [-0.2, 0) is 10.8 Å². The molecule has 1 aromatic heterocycles. The Kier molecular flexibility index (Phi) is 5.03. The van der Waals surface area contributed by atoms with E-state index in [-0.39, 0.29) is 16.2 Å². The van der Waals surface area contributed by atoms with Crippen LogP contribution < -0.4 is 0 Å². The number of aromatic nitrogens is 1. The number of benzene rings is 6. The van der Waals surface area contributed by atoms with Crippen molar-refractivity contribution in [3.05, 3.63) is 204 Å². The molecule has 0 N–H and O–H groups in total. The Morgan fingerprint density at radius 2 is 1.02 bits per heavy atom. The SMILES string of the molecule is C1=CC23CC2(C(c2nc4ccccc4c(-c4ccccc4)c2-c2ccccc2)=C1)c1ccccc1C31c2ccccc2-c2ccccc21. The number of rotatable bonds is 3. The average molecular weight is 610 g/mol. The van der Waals surface area contributed by atoms with Gasteiger partial charge in [-0.2, -0.15) is 0 Å². The van der Waals surface area contributed by atoms with E-state index in [1.54, 1.807) is 0 Å². The van der Waals surface area contributed by atoms with Crippen LogP contribution in [0.4, 0.5) is 0 Å². The minimum Gasteiger partial charge on any atom is -0.247 e. The van der Waals surface area contributed by atoms with Gasteiger partial charge in [-0.1, -0.05) is 170 Å². The standard InChI is InChI=1S/C47H31N/c1-3-16-31(17-4-1)42-35-22-9-14-28-41(35)48-44(43(42)32-18-5-2-6-19-32)40-27-15-29-45-30-46(40,45)38-25-12-13-26-39(38)47(45)36-23-10-7-20-33(36)34-21-8-11-24-37(34)47/h1-29H,30H2. The monoisotopic (exact) mass is 609 g/mol. The number of hydrogen-bond donors (Lipinski definition) is 0. The number of fused-ring (bicyclic) bond motifs is 8. The zero-order valence-corrected chi connectivity index (χ0v) is 26.4. The Morgan fingerprint density at radius 1 is 0.479 bits per heavy atom. The molecule has 224 valence electrons. The summed E-state index contributed by atoms with van der Waals surface area (Å²) >= 11 is 0. The van der Waals surface area contributed by atoms with Gasteiger partial charge in [0.1, 0.15) is 0 Å². The summed E-state index contributed by atoms with van der Waals surface area (Å²) in [6.45, 7) is 0. The fraction of sp³-hybridized carbons (Fsp3) is 0.0851. The third kappa shape index (κ3) is 2.93. The molecule has 1 spiro atoms. The quantitative estimate of drug-likeness (QED) is 0.194. The van der Waals surface area contributed by atoms with Gasteiger partial charge < -0.3 is 0 Å². The van der Waals surface area contributed by atoms with E-state index in [0.717, 1.165) is 17.6 Å². The molecule has 48 heavy (non-hydrogen) atoms. The van der Waals surface area contributed by atoms with Crippen molar-refractivity contribution in [3.8, 4) is 33.4 Å². The second-order valence-corrected chi connectivity index (χ2v) is 13.8. The molecular formula is C47H31N. The van der Waals surface area contributed by atoms with Crippen molar-refractivity contribution in [3.63, 3.8) is 0 Å². The number of pyridine rings is 1. The van der Waals surface area contributed by atoms with Crippen LogP contribution in [0.5, 0.6) is 0 Å². The third-order valence-corrected chi connectivity index (χ3v) is 12.0. The van der Waals surface area contributed by atoms with Crippen molar-refractivity contribution in [2.24, 2.45) is 5.41 Å². The summed E-state index contributed by atoms with van der Waals surface area (Å²) in [7, 11) is 0. The van der Waals surface area contributed by atoms with Crippen LogP contribution in [0.25, 0.3) is 49.9 Å². The highest BCUT2D eigenvalue weighted by Crippen LogP contribution is 2.87. The number of allylic oxidation sites excluding steroid dienone is 4. The molecule has 0 saturated heterocycles. The Hall–Kier alpha value is -5.79. The molecule has 2 unspecified atom stereocenters. The first kappa shape index (κ1) is 26.3. The van der Waals surface area contributed by atoms with E-state index in [1.807, 2.05) is 0 Å². The highest BCUT2D eigenvalue weighted by atomic mass is 14.9. The van der Waals surface area contributed by atoms with Gasteiger partial charge in [-0.05, 0) is 62.6 Å². The fourth-order valence-corrected chi connectivity index (χ4v) is 10.3. The molecule has 1 heterocycles. The predicted octanol–water partition coefficient (Wildman–Crippen LogP) is 11.2. The van der Waals surface area contributed by atoms with Crippen molar-refractivity contribution in [2.75, 3.05) is 0 Å². The lowest BCUT2D eigenvalue weighted by Gasteiger charge is -2.38. The molecule has 1 heteroatoms. The van der Waals surface area contributed by atoms with Gasteiger partial charge in [0, 0.05) is 27.3 Å². The van der Waals surface area contributed by atoms with E-state index >= 15 is 0 Å². The minimum absolute atomic E-state index is 0.148. The summed E-state index contributed by atoms with van der Waals surface area (Å²) in [6, 6.07) is 58.2.